The summed E-state index contributed by atoms with van der Waals surface area (Å²) in [5.41, 5.74) is -1.91. The third-order valence-electron chi connectivity index (χ3n) is 6.38. The number of halogens is 7. The van der Waals surface area contributed by atoms with Crippen LogP contribution in [-0.2, 0) is 24.3 Å². The molecular weight excluding hydrogens is 556 g/mol. The Morgan fingerprint density at radius 3 is 2.08 bits per heavy atom. The van der Waals surface area contributed by atoms with Crippen molar-refractivity contribution in [3.05, 3.63) is 130 Å². The minimum Gasteiger partial charge on any atom is -0.361 e. The Kier molecular flexibility index (Phi) is 8.44. The van der Waals surface area contributed by atoms with Crippen LogP contribution in [0.5, 0.6) is 0 Å². The Morgan fingerprint density at radius 2 is 1.48 bits per heavy atom. The fourth-order valence-corrected chi connectivity index (χ4v) is 4.52. The molecule has 2 unspecified atom stereocenters. The third-order valence-corrected chi connectivity index (χ3v) is 6.79. The highest BCUT2D eigenvalue weighted by molar-refractivity contribution is 6.31. The number of aromatic nitrogens is 1. The molecule has 0 bridgehead atoms. The van der Waals surface area contributed by atoms with Crippen LogP contribution in [0.3, 0.4) is 0 Å². The van der Waals surface area contributed by atoms with Gasteiger partial charge in [0.15, 0.2) is 6.35 Å². The van der Waals surface area contributed by atoms with Crippen molar-refractivity contribution in [2.45, 2.75) is 37.6 Å². The van der Waals surface area contributed by atoms with Crippen molar-refractivity contribution < 1.29 is 31.4 Å². The summed E-state index contributed by atoms with van der Waals surface area (Å²) in [5.74, 6) is 0. The van der Waals surface area contributed by atoms with Gasteiger partial charge in [-0.2, -0.15) is 26.3 Å². The first-order chi connectivity index (χ1) is 18.8. The zero-order valence-electron chi connectivity index (χ0n) is 21.0. The number of alkyl halides is 6. The molecule has 210 valence electrons. The van der Waals surface area contributed by atoms with E-state index in [4.69, 9.17) is 11.6 Å². The Labute approximate surface area is 231 Å². The third kappa shape index (κ3) is 6.75. The highest BCUT2D eigenvalue weighted by Crippen LogP contribution is 2.38. The molecule has 1 aromatic heterocycles. The summed E-state index contributed by atoms with van der Waals surface area (Å²) in [6.45, 7) is 1.79. The second kappa shape index (κ2) is 11.5. The van der Waals surface area contributed by atoms with Crippen LogP contribution >= 0.6 is 11.6 Å². The van der Waals surface area contributed by atoms with E-state index in [9.17, 15) is 31.4 Å². The van der Waals surface area contributed by atoms with Crippen LogP contribution in [0.15, 0.2) is 91.1 Å². The number of aliphatic hydroxyl groups is 1. The van der Waals surface area contributed by atoms with E-state index in [-0.39, 0.29) is 17.7 Å². The van der Waals surface area contributed by atoms with E-state index in [1.807, 2.05) is 0 Å². The first-order valence-electron chi connectivity index (χ1n) is 12.0. The molecule has 3 aromatic carbocycles. The lowest BCUT2D eigenvalue weighted by Crippen LogP contribution is -2.53. The maximum atomic E-state index is 13.8. The molecule has 0 aliphatic rings. The predicted octanol–water partition coefficient (Wildman–Crippen LogP) is 7.54. The molecule has 0 radical (unpaired) electrons. The van der Waals surface area contributed by atoms with Gasteiger partial charge < -0.3 is 10.4 Å². The fraction of sp³-hybridized carbons (Fsp3) is 0.207. The molecule has 0 fully saturated rings. The molecule has 2 atom stereocenters. The molecule has 0 saturated heterocycles. The largest absolute Gasteiger partial charge is 0.417 e. The van der Waals surface area contributed by atoms with Gasteiger partial charge in [-0.05, 0) is 60.0 Å². The Balaban J connectivity index is 1.88. The van der Waals surface area contributed by atoms with Gasteiger partial charge in [0.2, 0.25) is 0 Å². The average Bonchev–Trinajstić information content (AvgIpc) is 2.90. The molecule has 4 nitrogen and oxygen atoms in total. The number of pyridine rings is 1. The highest BCUT2D eigenvalue weighted by Gasteiger charge is 2.41. The van der Waals surface area contributed by atoms with Gasteiger partial charge >= 0.3 is 12.4 Å². The Morgan fingerprint density at radius 1 is 0.800 bits per heavy atom. The smallest absolute Gasteiger partial charge is 0.361 e. The number of benzene rings is 3. The molecule has 4 aromatic rings. The number of nitrogens with one attached hydrogen (secondary N) is 2. The van der Waals surface area contributed by atoms with Gasteiger partial charge in [-0.3, -0.25) is 10.3 Å². The number of anilines is 1. The van der Waals surface area contributed by atoms with Gasteiger partial charge in [0, 0.05) is 23.3 Å². The van der Waals surface area contributed by atoms with Gasteiger partial charge in [-0.15, -0.1) is 0 Å². The number of rotatable bonds is 8. The lowest BCUT2D eigenvalue weighted by molar-refractivity contribution is -0.138. The molecule has 0 spiro atoms. The van der Waals surface area contributed by atoms with E-state index in [2.05, 4.69) is 15.6 Å². The summed E-state index contributed by atoms with van der Waals surface area (Å²) in [5, 5.41) is 17.3. The maximum Gasteiger partial charge on any atom is 0.417 e. The molecule has 0 saturated carbocycles. The van der Waals surface area contributed by atoms with E-state index in [0.717, 1.165) is 29.8 Å². The minimum atomic E-state index is -4.70. The molecule has 40 heavy (non-hydrogen) atoms. The molecule has 0 aliphatic carbocycles. The van der Waals surface area contributed by atoms with Crippen LogP contribution in [0.2, 0.25) is 5.02 Å². The summed E-state index contributed by atoms with van der Waals surface area (Å²) in [4.78, 5) is 4.04. The normalized spacial score (nSPS) is 14.4. The van der Waals surface area contributed by atoms with Crippen molar-refractivity contribution >= 4 is 17.3 Å². The maximum absolute atomic E-state index is 13.8. The van der Waals surface area contributed by atoms with E-state index in [1.54, 1.807) is 55.5 Å². The lowest BCUT2D eigenvalue weighted by atomic mass is 9.79. The van der Waals surface area contributed by atoms with E-state index in [1.165, 1.54) is 12.1 Å². The van der Waals surface area contributed by atoms with Crippen LogP contribution in [0.1, 0.15) is 33.5 Å². The summed E-state index contributed by atoms with van der Waals surface area (Å²) < 4.78 is 81.3. The minimum absolute atomic E-state index is 0.0289. The number of aliphatic hydroxyl groups excluding tert-OH is 1. The van der Waals surface area contributed by atoms with Crippen molar-refractivity contribution in [3.8, 4) is 0 Å². The molecule has 11 heteroatoms. The molecule has 4 rings (SSSR count). The second-order valence-corrected chi connectivity index (χ2v) is 9.64. The number of aryl methyl sites for hydroxylation is 1. The molecule has 0 amide bonds. The quantitative estimate of drug-likeness (QED) is 0.149. The summed E-state index contributed by atoms with van der Waals surface area (Å²) in [7, 11) is 0. The van der Waals surface area contributed by atoms with Crippen molar-refractivity contribution in [1.82, 2.24) is 10.3 Å². The first-order valence-corrected chi connectivity index (χ1v) is 12.4. The topological polar surface area (TPSA) is 57.2 Å². The summed E-state index contributed by atoms with van der Waals surface area (Å²) in [6, 6.07) is 19.8. The van der Waals surface area contributed by atoms with Crippen molar-refractivity contribution in [1.29, 1.82) is 0 Å². The standard InChI is InChI=1S/C29H24ClF6N3O/c1-18-10-12-23(15-24(18)30)38-26(40)39-27(16-19-6-3-2-4-7-19,20-8-5-9-21(14-20)28(31,32)33)25-13-11-22(17-37-25)29(34,35)36/h2-15,17,26,38-40H,16H2,1H3. The van der Waals surface area contributed by atoms with Crippen molar-refractivity contribution in [2.24, 2.45) is 0 Å². The van der Waals surface area contributed by atoms with Crippen LogP contribution in [0.4, 0.5) is 32.0 Å². The molecule has 1 heterocycles. The number of nitrogens with zero attached hydrogens (tertiary/aromatic N) is 1. The first kappa shape index (κ1) is 29.4. The van der Waals surface area contributed by atoms with Gasteiger partial charge in [0.25, 0.3) is 0 Å². The zero-order valence-corrected chi connectivity index (χ0v) is 21.7. The van der Waals surface area contributed by atoms with Crippen LogP contribution in [0, 0.1) is 6.92 Å². The van der Waals surface area contributed by atoms with Crippen LogP contribution < -0.4 is 10.6 Å². The number of hydrogen-bond donors (Lipinski definition) is 3. The Hall–Kier alpha value is -3.60. The van der Waals surface area contributed by atoms with Gasteiger partial charge in [-0.1, -0.05) is 60.1 Å². The van der Waals surface area contributed by atoms with E-state index >= 15 is 0 Å². The van der Waals surface area contributed by atoms with Gasteiger partial charge in [0.05, 0.1) is 22.4 Å². The average molecular weight is 580 g/mol. The SMILES string of the molecule is Cc1ccc(NC(O)NC(Cc2ccccc2)(c2cccc(C(F)(F)F)c2)c2ccc(C(F)(F)F)cn2)cc1Cl. The van der Waals surface area contributed by atoms with Gasteiger partial charge in [0.1, 0.15) is 0 Å². The zero-order chi connectivity index (χ0) is 29.1. The van der Waals surface area contributed by atoms with Crippen LogP contribution in [-0.4, -0.2) is 16.4 Å². The summed E-state index contributed by atoms with van der Waals surface area (Å²) in [6.07, 6.45) is -10.4. The lowest BCUT2D eigenvalue weighted by Gasteiger charge is -2.38. The van der Waals surface area contributed by atoms with Gasteiger partial charge in [-0.25, -0.2) is 0 Å². The molecule has 0 aliphatic heterocycles. The summed E-state index contributed by atoms with van der Waals surface area (Å²) >= 11 is 6.19. The van der Waals surface area contributed by atoms with E-state index in [0.29, 0.717) is 22.5 Å². The fourth-order valence-electron chi connectivity index (χ4n) is 4.34. The van der Waals surface area contributed by atoms with Crippen molar-refractivity contribution in [2.75, 3.05) is 5.32 Å². The van der Waals surface area contributed by atoms with Crippen molar-refractivity contribution in [3.63, 3.8) is 0 Å². The van der Waals surface area contributed by atoms with Crippen LogP contribution in [0.25, 0.3) is 0 Å². The Bertz CT molecular complexity index is 1450. The number of hydrogen-bond acceptors (Lipinski definition) is 4. The molecular formula is C29H24ClF6N3O. The highest BCUT2D eigenvalue weighted by atomic mass is 35.5. The van der Waals surface area contributed by atoms with E-state index < -0.39 is 35.4 Å². The monoisotopic (exact) mass is 579 g/mol. The second-order valence-electron chi connectivity index (χ2n) is 9.23. The molecule has 3 N–H and O–H groups in total. The predicted molar refractivity (Wildman–Crippen MR) is 141 cm³/mol.